The fraction of sp³-hybridized carbons (Fsp3) is 0.267. The minimum Gasteiger partial charge on any atom is -0.437 e. The molecule has 0 saturated carbocycles. The number of fused-ring (bicyclic) bond motifs is 1. The third-order valence-corrected chi connectivity index (χ3v) is 7.12. The van der Waals surface area contributed by atoms with Gasteiger partial charge >= 0.3 is 0 Å². The van der Waals surface area contributed by atoms with Gasteiger partial charge < -0.3 is 20.7 Å². The van der Waals surface area contributed by atoms with Crippen LogP contribution in [0.2, 0.25) is 0 Å². The zero-order valence-corrected chi connectivity index (χ0v) is 22.4. The van der Waals surface area contributed by atoms with E-state index in [2.05, 4.69) is 55.3 Å². The van der Waals surface area contributed by atoms with Crippen molar-refractivity contribution in [3.63, 3.8) is 0 Å². The maximum Gasteiger partial charge on any atom is 0.228 e. The van der Waals surface area contributed by atoms with E-state index in [0.717, 1.165) is 76.5 Å². The number of aryl methyl sites for hydroxylation is 3. The van der Waals surface area contributed by atoms with Gasteiger partial charge in [-0.2, -0.15) is 5.10 Å². The monoisotopic (exact) mass is 520 g/mol. The lowest BCUT2D eigenvalue weighted by Gasteiger charge is -2.23. The summed E-state index contributed by atoms with van der Waals surface area (Å²) in [4.78, 5) is 13.9. The van der Waals surface area contributed by atoms with Crippen molar-refractivity contribution in [3.05, 3.63) is 78.2 Å². The molecule has 0 amide bonds. The topological polar surface area (TPSA) is 102 Å². The number of aromatic nitrogens is 5. The third kappa shape index (κ3) is 5.26. The molecule has 0 bridgehead atoms. The first kappa shape index (κ1) is 24.8. The van der Waals surface area contributed by atoms with Gasteiger partial charge in [-0.15, -0.1) is 0 Å². The normalized spacial score (nSPS) is 15.3. The Kier molecular flexibility index (Phi) is 6.81. The molecule has 3 aromatic heterocycles. The minimum absolute atomic E-state index is 0.315. The Morgan fingerprint density at radius 3 is 2.74 bits per heavy atom. The number of nitrogens with zero attached hydrogens (tertiary/aromatic N) is 5. The lowest BCUT2D eigenvalue weighted by atomic mass is 10.0. The summed E-state index contributed by atoms with van der Waals surface area (Å²) in [5.74, 6) is 2.66. The van der Waals surface area contributed by atoms with Gasteiger partial charge in [0.25, 0.3) is 0 Å². The molecule has 9 nitrogen and oxygen atoms in total. The largest absolute Gasteiger partial charge is 0.437 e. The molecule has 0 aliphatic carbocycles. The number of hydrogen-bond acceptors (Lipinski definition) is 8. The van der Waals surface area contributed by atoms with Crippen molar-refractivity contribution in [2.24, 2.45) is 7.05 Å². The average molecular weight is 521 g/mol. The molecular formula is C30H32N8O. The van der Waals surface area contributed by atoms with E-state index in [-0.39, 0.29) is 0 Å². The molecule has 5 aromatic rings. The number of pyridine rings is 1. The second kappa shape index (κ2) is 10.7. The molecule has 0 spiro atoms. The molecule has 0 unspecified atom stereocenters. The van der Waals surface area contributed by atoms with Crippen LogP contribution in [-0.4, -0.2) is 43.9 Å². The van der Waals surface area contributed by atoms with Crippen molar-refractivity contribution < 1.29 is 4.74 Å². The van der Waals surface area contributed by atoms with Crippen LogP contribution in [0.1, 0.15) is 24.1 Å². The van der Waals surface area contributed by atoms with Crippen molar-refractivity contribution in [1.82, 2.24) is 30.0 Å². The first-order valence-corrected chi connectivity index (χ1v) is 13.3. The third-order valence-electron chi connectivity index (χ3n) is 7.12. The highest BCUT2D eigenvalue weighted by molar-refractivity contribution is 5.99. The number of ether oxygens (including phenoxy) is 1. The van der Waals surface area contributed by atoms with Gasteiger partial charge in [0, 0.05) is 60.2 Å². The van der Waals surface area contributed by atoms with Crippen molar-refractivity contribution >= 4 is 28.2 Å². The highest BCUT2D eigenvalue weighted by Gasteiger charge is 2.17. The predicted molar refractivity (Wildman–Crippen MR) is 155 cm³/mol. The van der Waals surface area contributed by atoms with Crippen LogP contribution in [-0.2, 0) is 7.05 Å². The van der Waals surface area contributed by atoms with Gasteiger partial charge in [-0.3, -0.25) is 4.68 Å². The first-order chi connectivity index (χ1) is 19.0. The van der Waals surface area contributed by atoms with Crippen LogP contribution in [0.4, 0.5) is 17.5 Å². The summed E-state index contributed by atoms with van der Waals surface area (Å²) >= 11 is 0. The SMILES string of the molecule is Cc1ccc2c(Nc3cc(C)n(C)n3)cccc2c1Oc1ncccc1-c1ccnc(N[C@H]2CCCNC2)n1. The van der Waals surface area contributed by atoms with E-state index in [9.17, 15) is 0 Å². The van der Waals surface area contributed by atoms with Crippen LogP contribution >= 0.6 is 0 Å². The summed E-state index contributed by atoms with van der Waals surface area (Å²) in [6, 6.07) is 18.4. The van der Waals surface area contributed by atoms with Crippen LogP contribution in [0.3, 0.4) is 0 Å². The highest BCUT2D eigenvalue weighted by Crippen LogP contribution is 2.39. The van der Waals surface area contributed by atoms with Gasteiger partial charge in [-0.05, 0) is 63.1 Å². The number of piperidine rings is 1. The molecule has 39 heavy (non-hydrogen) atoms. The van der Waals surface area contributed by atoms with Gasteiger partial charge in [0.1, 0.15) is 5.75 Å². The Morgan fingerprint density at radius 2 is 1.92 bits per heavy atom. The molecule has 1 aliphatic heterocycles. The van der Waals surface area contributed by atoms with E-state index in [4.69, 9.17) is 9.72 Å². The molecule has 3 N–H and O–H groups in total. The van der Waals surface area contributed by atoms with Gasteiger partial charge in [-0.25, -0.2) is 15.0 Å². The summed E-state index contributed by atoms with van der Waals surface area (Å²) < 4.78 is 8.43. The standard InChI is InChI=1S/C30H32N8O/c1-19-11-12-22-23(8-4-10-25(22)35-27-17-20(2)38(3)37-27)28(19)39-29-24(9-6-15-32-29)26-13-16-33-30(36-26)34-21-7-5-14-31-18-21/h4,6,8-13,15-17,21,31H,5,7,14,18H2,1-3H3,(H,35,37)(H,33,34,36)/t21-/m0/s1. The summed E-state index contributed by atoms with van der Waals surface area (Å²) in [5, 5.41) is 16.9. The van der Waals surface area contributed by atoms with Gasteiger partial charge in [0.05, 0.1) is 11.3 Å². The van der Waals surface area contributed by atoms with E-state index < -0.39 is 0 Å². The highest BCUT2D eigenvalue weighted by atomic mass is 16.5. The van der Waals surface area contributed by atoms with Crippen LogP contribution in [0.25, 0.3) is 22.0 Å². The molecule has 4 heterocycles. The number of rotatable bonds is 7. The van der Waals surface area contributed by atoms with Crippen LogP contribution < -0.4 is 20.7 Å². The quantitative estimate of drug-likeness (QED) is 0.250. The zero-order chi connectivity index (χ0) is 26.8. The van der Waals surface area contributed by atoms with Gasteiger partial charge in [0.2, 0.25) is 11.8 Å². The maximum atomic E-state index is 6.58. The number of benzene rings is 2. The van der Waals surface area contributed by atoms with Crippen LogP contribution in [0, 0.1) is 13.8 Å². The van der Waals surface area contributed by atoms with E-state index in [1.54, 1.807) is 12.4 Å². The van der Waals surface area contributed by atoms with E-state index in [1.807, 2.05) is 55.9 Å². The number of anilines is 3. The number of nitrogens with one attached hydrogen (secondary N) is 3. The van der Waals surface area contributed by atoms with Crippen LogP contribution in [0.15, 0.2) is 67.0 Å². The Balaban J connectivity index is 1.33. The average Bonchev–Trinajstić information content (AvgIpc) is 3.27. The molecule has 1 aliphatic rings. The fourth-order valence-corrected chi connectivity index (χ4v) is 4.94. The van der Waals surface area contributed by atoms with Crippen LogP contribution in [0.5, 0.6) is 11.6 Å². The summed E-state index contributed by atoms with van der Waals surface area (Å²) in [6.07, 6.45) is 5.75. The van der Waals surface area contributed by atoms with Gasteiger partial charge in [0.15, 0.2) is 5.82 Å². The Morgan fingerprint density at radius 1 is 1.00 bits per heavy atom. The second-order valence-electron chi connectivity index (χ2n) is 9.94. The Labute approximate surface area is 227 Å². The smallest absolute Gasteiger partial charge is 0.228 e. The Bertz CT molecular complexity index is 1600. The molecule has 1 saturated heterocycles. The van der Waals surface area contributed by atoms with Crippen molar-refractivity contribution in [2.75, 3.05) is 23.7 Å². The fourth-order valence-electron chi connectivity index (χ4n) is 4.94. The minimum atomic E-state index is 0.315. The zero-order valence-electron chi connectivity index (χ0n) is 22.4. The lowest BCUT2D eigenvalue weighted by molar-refractivity contribution is 0.466. The molecule has 6 rings (SSSR count). The lowest BCUT2D eigenvalue weighted by Crippen LogP contribution is -2.38. The van der Waals surface area contributed by atoms with E-state index in [0.29, 0.717) is 17.9 Å². The van der Waals surface area contributed by atoms with Gasteiger partial charge in [-0.1, -0.05) is 24.3 Å². The predicted octanol–water partition coefficient (Wildman–Crippen LogP) is 5.74. The molecule has 198 valence electrons. The maximum absolute atomic E-state index is 6.58. The first-order valence-electron chi connectivity index (χ1n) is 13.3. The second-order valence-corrected chi connectivity index (χ2v) is 9.94. The molecule has 0 radical (unpaired) electrons. The summed E-state index contributed by atoms with van der Waals surface area (Å²) in [6.45, 7) is 6.05. The van der Waals surface area contributed by atoms with E-state index in [1.165, 1.54) is 0 Å². The molecule has 1 fully saturated rings. The molecule has 9 heteroatoms. The van der Waals surface area contributed by atoms with Crippen molar-refractivity contribution in [2.45, 2.75) is 32.7 Å². The van der Waals surface area contributed by atoms with Crippen molar-refractivity contribution in [1.29, 1.82) is 0 Å². The molecular weight excluding hydrogens is 488 g/mol. The summed E-state index contributed by atoms with van der Waals surface area (Å²) in [5.41, 5.74) is 4.61. The molecule has 1 atom stereocenters. The summed E-state index contributed by atoms with van der Waals surface area (Å²) in [7, 11) is 1.94. The van der Waals surface area contributed by atoms with E-state index >= 15 is 0 Å². The Hall–Kier alpha value is -4.50. The molecule has 2 aromatic carbocycles. The van der Waals surface area contributed by atoms with Crippen molar-refractivity contribution in [3.8, 4) is 22.9 Å². The number of hydrogen-bond donors (Lipinski definition) is 3.